The van der Waals surface area contributed by atoms with E-state index in [1.54, 1.807) is 18.6 Å². The van der Waals surface area contributed by atoms with Crippen LogP contribution >= 0.6 is 0 Å². The number of ether oxygens (including phenoxy) is 2. The van der Waals surface area contributed by atoms with Crippen LogP contribution in [0.2, 0.25) is 0 Å². The molecule has 1 N–H and O–H groups in total. The van der Waals surface area contributed by atoms with Gasteiger partial charge in [-0.3, -0.25) is 0 Å². The topological polar surface area (TPSA) is 65.0 Å². The van der Waals surface area contributed by atoms with Gasteiger partial charge in [-0.15, -0.1) is 0 Å². The molecule has 5 heteroatoms. The van der Waals surface area contributed by atoms with Crippen molar-refractivity contribution in [3.8, 4) is 0 Å². The molecule has 1 saturated carbocycles. The highest BCUT2D eigenvalue weighted by Crippen LogP contribution is 2.36. The summed E-state index contributed by atoms with van der Waals surface area (Å²) in [6.45, 7) is 2.13. The van der Waals surface area contributed by atoms with Gasteiger partial charge in [-0.1, -0.05) is 18.1 Å². The second-order valence-electron chi connectivity index (χ2n) is 6.98. The van der Waals surface area contributed by atoms with Gasteiger partial charge >= 0.3 is 5.97 Å². The number of allylic oxidation sites excluding steroid dienone is 2. The van der Waals surface area contributed by atoms with Gasteiger partial charge in [-0.25, -0.2) is 14.9 Å². The van der Waals surface area contributed by atoms with Crippen LogP contribution in [-0.2, 0) is 19.2 Å². The Labute approximate surface area is 151 Å². The SMILES string of the molecule is CCOC(=O)/C=C/[C@@H]1CC[C@](CCCCC=C2CCCCC2)(OO)O1. The second-order valence-corrected chi connectivity index (χ2v) is 6.98. The molecule has 2 atom stereocenters. The molecule has 0 unspecified atom stereocenters. The van der Waals surface area contributed by atoms with Crippen molar-refractivity contribution in [1.29, 1.82) is 0 Å². The smallest absolute Gasteiger partial charge is 0.330 e. The summed E-state index contributed by atoms with van der Waals surface area (Å²) in [6, 6.07) is 0. The van der Waals surface area contributed by atoms with Crippen molar-refractivity contribution in [2.45, 2.75) is 89.4 Å². The summed E-state index contributed by atoms with van der Waals surface area (Å²) in [5, 5.41) is 9.30. The Balaban J connectivity index is 1.69. The largest absolute Gasteiger partial charge is 0.463 e. The molecule has 5 nitrogen and oxygen atoms in total. The summed E-state index contributed by atoms with van der Waals surface area (Å²) in [5.74, 6) is -1.30. The van der Waals surface area contributed by atoms with E-state index >= 15 is 0 Å². The van der Waals surface area contributed by atoms with E-state index in [0.717, 1.165) is 25.7 Å². The lowest BCUT2D eigenvalue weighted by molar-refractivity contribution is -0.398. The fraction of sp³-hybridized carbons (Fsp3) is 0.750. The first-order chi connectivity index (χ1) is 12.2. The Kier molecular flexibility index (Phi) is 8.65. The third-order valence-electron chi connectivity index (χ3n) is 5.02. The molecular weight excluding hydrogens is 320 g/mol. The van der Waals surface area contributed by atoms with Crippen LogP contribution in [0.5, 0.6) is 0 Å². The van der Waals surface area contributed by atoms with Crippen LogP contribution in [0.15, 0.2) is 23.8 Å². The molecule has 0 amide bonds. The normalized spacial score (nSPS) is 27.0. The standard InChI is InChI=1S/C20H32O5/c1-2-23-19(21)13-12-18-14-16-20(24-18,25-22)15-8-4-7-11-17-9-5-3-6-10-17/h11-13,18,22H,2-10,14-16H2,1H3/b13-12+/t18-,20+/m1/s1. The highest BCUT2D eigenvalue weighted by Gasteiger charge is 2.40. The number of rotatable bonds is 9. The van der Waals surface area contributed by atoms with Crippen molar-refractivity contribution in [2.24, 2.45) is 0 Å². The molecule has 0 aromatic rings. The Morgan fingerprint density at radius 1 is 1.32 bits per heavy atom. The van der Waals surface area contributed by atoms with Gasteiger partial charge in [0.1, 0.15) is 0 Å². The Bertz CT molecular complexity index is 463. The maximum Gasteiger partial charge on any atom is 0.330 e. The van der Waals surface area contributed by atoms with Gasteiger partial charge in [0.05, 0.1) is 12.7 Å². The molecule has 0 spiro atoms. The molecule has 0 aromatic heterocycles. The molecule has 0 radical (unpaired) electrons. The minimum atomic E-state index is -0.929. The van der Waals surface area contributed by atoms with Gasteiger partial charge in [0, 0.05) is 18.9 Å². The van der Waals surface area contributed by atoms with Gasteiger partial charge in [0.25, 0.3) is 0 Å². The van der Waals surface area contributed by atoms with Crippen molar-refractivity contribution in [3.05, 3.63) is 23.8 Å². The maximum absolute atomic E-state index is 11.4. The summed E-state index contributed by atoms with van der Waals surface area (Å²) < 4.78 is 10.7. The highest BCUT2D eigenvalue weighted by atomic mass is 17.1. The minimum Gasteiger partial charge on any atom is -0.463 e. The summed E-state index contributed by atoms with van der Waals surface area (Å²) in [4.78, 5) is 16.0. The molecular formula is C20H32O5. The van der Waals surface area contributed by atoms with E-state index < -0.39 is 5.79 Å². The monoisotopic (exact) mass is 352 g/mol. The highest BCUT2D eigenvalue weighted by molar-refractivity contribution is 5.81. The van der Waals surface area contributed by atoms with Gasteiger partial charge in [0.15, 0.2) is 0 Å². The van der Waals surface area contributed by atoms with Crippen molar-refractivity contribution in [3.63, 3.8) is 0 Å². The minimum absolute atomic E-state index is 0.221. The quantitative estimate of drug-likeness (QED) is 0.159. The molecule has 142 valence electrons. The first-order valence-corrected chi connectivity index (χ1v) is 9.71. The average Bonchev–Trinajstić information content (AvgIpc) is 3.05. The van der Waals surface area contributed by atoms with Gasteiger partial charge in [-0.05, 0) is 64.4 Å². The van der Waals surface area contributed by atoms with Crippen molar-refractivity contribution in [2.75, 3.05) is 6.61 Å². The zero-order chi connectivity index (χ0) is 18.0. The van der Waals surface area contributed by atoms with Gasteiger partial charge in [0.2, 0.25) is 5.79 Å². The number of carbonyl (C=O) groups is 1. The lowest BCUT2D eigenvalue weighted by Crippen LogP contribution is -2.31. The van der Waals surface area contributed by atoms with E-state index in [-0.39, 0.29) is 12.1 Å². The van der Waals surface area contributed by atoms with Crippen LogP contribution < -0.4 is 0 Å². The van der Waals surface area contributed by atoms with Crippen LogP contribution in [0.1, 0.15) is 77.6 Å². The molecule has 1 aliphatic heterocycles. The summed E-state index contributed by atoms with van der Waals surface area (Å²) in [5.41, 5.74) is 1.61. The van der Waals surface area contributed by atoms with E-state index in [1.165, 1.54) is 38.2 Å². The Hall–Kier alpha value is -1.17. The molecule has 1 saturated heterocycles. The van der Waals surface area contributed by atoms with E-state index in [4.69, 9.17) is 14.4 Å². The Morgan fingerprint density at radius 2 is 2.12 bits per heavy atom. The number of hydrogen-bond acceptors (Lipinski definition) is 5. The van der Waals surface area contributed by atoms with Crippen LogP contribution in [0.4, 0.5) is 0 Å². The predicted octanol–water partition coefficient (Wildman–Crippen LogP) is 4.92. The Morgan fingerprint density at radius 3 is 2.84 bits per heavy atom. The van der Waals surface area contributed by atoms with Crippen molar-refractivity contribution >= 4 is 5.97 Å². The molecule has 0 bridgehead atoms. The van der Waals surface area contributed by atoms with Crippen molar-refractivity contribution < 1.29 is 24.4 Å². The second kappa shape index (κ2) is 10.7. The van der Waals surface area contributed by atoms with Crippen LogP contribution in [0, 0.1) is 0 Å². The lowest BCUT2D eigenvalue weighted by atomic mass is 9.93. The fourth-order valence-corrected chi connectivity index (χ4v) is 3.62. The van der Waals surface area contributed by atoms with Crippen LogP contribution in [0.3, 0.4) is 0 Å². The molecule has 1 aliphatic carbocycles. The fourth-order valence-electron chi connectivity index (χ4n) is 3.62. The molecule has 2 aliphatic rings. The lowest BCUT2D eigenvalue weighted by Gasteiger charge is -2.25. The van der Waals surface area contributed by atoms with Gasteiger partial charge in [-0.2, -0.15) is 0 Å². The molecule has 0 aromatic carbocycles. The summed E-state index contributed by atoms with van der Waals surface area (Å²) in [7, 11) is 0. The zero-order valence-corrected chi connectivity index (χ0v) is 15.4. The zero-order valence-electron chi connectivity index (χ0n) is 15.4. The van der Waals surface area contributed by atoms with E-state index in [2.05, 4.69) is 6.08 Å². The molecule has 1 heterocycles. The third kappa shape index (κ3) is 6.92. The summed E-state index contributed by atoms with van der Waals surface area (Å²) in [6.07, 6.45) is 16.9. The molecule has 2 rings (SSSR count). The number of hydrogen-bond donors (Lipinski definition) is 1. The van der Waals surface area contributed by atoms with Crippen LogP contribution in [0.25, 0.3) is 0 Å². The number of esters is 1. The summed E-state index contributed by atoms with van der Waals surface area (Å²) >= 11 is 0. The maximum atomic E-state index is 11.4. The van der Waals surface area contributed by atoms with Gasteiger partial charge < -0.3 is 9.47 Å². The number of unbranched alkanes of at least 4 members (excludes halogenated alkanes) is 2. The first kappa shape index (κ1) is 20.1. The van der Waals surface area contributed by atoms with Crippen LogP contribution in [-0.4, -0.2) is 29.7 Å². The average molecular weight is 352 g/mol. The molecule has 25 heavy (non-hydrogen) atoms. The van der Waals surface area contributed by atoms with E-state index in [9.17, 15) is 10.1 Å². The third-order valence-corrected chi connectivity index (χ3v) is 5.02. The number of carbonyl (C=O) groups excluding carboxylic acids is 1. The molecule has 2 fully saturated rings. The predicted molar refractivity (Wildman–Crippen MR) is 96.0 cm³/mol. The van der Waals surface area contributed by atoms with Crippen molar-refractivity contribution in [1.82, 2.24) is 0 Å². The first-order valence-electron chi connectivity index (χ1n) is 9.71. The van der Waals surface area contributed by atoms with E-state index in [1.807, 2.05) is 0 Å². The van der Waals surface area contributed by atoms with E-state index in [0.29, 0.717) is 19.4 Å².